The van der Waals surface area contributed by atoms with Crippen LogP contribution in [0.15, 0.2) is 29.1 Å². The number of aromatic nitrogens is 2. The average Bonchev–Trinajstić information content (AvgIpc) is 2.83. The van der Waals surface area contributed by atoms with Crippen LogP contribution in [0.3, 0.4) is 0 Å². The Balaban J connectivity index is 1.27. The number of hydrogen-bond donors (Lipinski definition) is 2. The monoisotopic (exact) mass is 457 g/mol. The maximum atomic E-state index is 12.6. The number of rotatable bonds is 7. The molecule has 2 aromatic rings. The summed E-state index contributed by atoms with van der Waals surface area (Å²) in [7, 11) is 0. The van der Waals surface area contributed by atoms with Crippen LogP contribution in [-0.2, 0) is 22.5 Å². The fourth-order valence-electron chi connectivity index (χ4n) is 3.99. The van der Waals surface area contributed by atoms with Crippen LogP contribution in [0.4, 0.5) is 11.6 Å². The van der Waals surface area contributed by atoms with Crippen molar-refractivity contribution in [1.82, 2.24) is 15.3 Å². The topological polar surface area (TPSA) is 90.6 Å². The van der Waals surface area contributed by atoms with Crippen LogP contribution in [0.5, 0.6) is 0 Å². The van der Waals surface area contributed by atoms with Crippen LogP contribution in [-0.4, -0.2) is 66.8 Å². The van der Waals surface area contributed by atoms with Crippen molar-refractivity contribution < 1.29 is 9.53 Å². The van der Waals surface area contributed by atoms with E-state index in [9.17, 15) is 9.59 Å². The highest BCUT2D eigenvalue weighted by Gasteiger charge is 2.17. The van der Waals surface area contributed by atoms with Crippen LogP contribution >= 0.6 is 11.8 Å². The van der Waals surface area contributed by atoms with Crippen molar-refractivity contribution in [1.29, 1.82) is 0 Å². The van der Waals surface area contributed by atoms with Crippen molar-refractivity contribution in [2.45, 2.75) is 26.3 Å². The number of nitrogens with one attached hydrogen (secondary N) is 2. The summed E-state index contributed by atoms with van der Waals surface area (Å²) in [6.45, 7) is 7.16. The number of nitrogens with zero attached hydrogens (tertiary/aromatic N) is 3. The summed E-state index contributed by atoms with van der Waals surface area (Å²) in [5.41, 5.74) is 3.39. The highest BCUT2D eigenvalue weighted by atomic mass is 32.2. The normalized spacial score (nSPS) is 16.8. The van der Waals surface area contributed by atoms with Crippen molar-refractivity contribution in [3.63, 3.8) is 0 Å². The number of amides is 1. The van der Waals surface area contributed by atoms with Gasteiger partial charge in [0.05, 0.1) is 13.2 Å². The first-order chi connectivity index (χ1) is 15.6. The third-order valence-corrected chi connectivity index (χ3v) is 6.87. The van der Waals surface area contributed by atoms with Gasteiger partial charge in [-0.15, -0.1) is 0 Å². The van der Waals surface area contributed by atoms with Crippen molar-refractivity contribution in [2.24, 2.45) is 0 Å². The molecular formula is C23H31N5O3S. The highest BCUT2D eigenvalue weighted by Crippen LogP contribution is 2.20. The van der Waals surface area contributed by atoms with Gasteiger partial charge in [0, 0.05) is 67.6 Å². The molecule has 9 heteroatoms. The van der Waals surface area contributed by atoms with Gasteiger partial charge >= 0.3 is 0 Å². The molecule has 8 nitrogen and oxygen atoms in total. The minimum atomic E-state index is -0.168. The van der Waals surface area contributed by atoms with E-state index in [-0.39, 0.29) is 17.9 Å². The Morgan fingerprint density at radius 3 is 2.53 bits per heavy atom. The minimum Gasteiger partial charge on any atom is -0.378 e. The summed E-state index contributed by atoms with van der Waals surface area (Å²) in [6.07, 6.45) is 0.626. The molecule has 3 heterocycles. The van der Waals surface area contributed by atoms with E-state index < -0.39 is 0 Å². The summed E-state index contributed by atoms with van der Waals surface area (Å²) in [4.78, 5) is 36.8. The van der Waals surface area contributed by atoms with Gasteiger partial charge in [0.2, 0.25) is 11.9 Å². The third-order valence-electron chi connectivity index (χ3n) is 5.92. The fraction of sp³-hybridized carbons (Fsp3) is 0.522. The molecule has 1 aromatic heterocycles. The molecule has 4 rings (SSSR count). The van der Waals surface area contributed by atoms with Crippen LogP contribution < -0.4 is 20.7 Å². The zero-order chi connectivity index (χ0) is 22.3. The van der Waals surface area contributed by atoms with Crippen molar-refractivity contribution in [3.05, 3.63) is 51.4 Å². The molecule has 0 radical (unpaired) electrons. The van der Waals surface area contributed by atoms with E-state index in [1.54, 1.807) is 0 Å². The lowest BCUT2D eigenvalue weighted by atomic mass is 10.1. The van der Waals surface area contributed by atoms with Crippen molar-refractivity contribution in [2.75, 3.05) is 60.7 Å². The average molecular weight is 458 g/mol. The number of carbonyl (C=O) groups excluding carboxylic acids is 1. The maximum Gasteiger partial charge on any atom is 0.255 e. The first kappa shape index (κ1) is 22.7. The van der Waals surface area contributed by atoms with E-state index in [4.69, 9.17) is 4.74 Å². The summed E-state index contributed by atoms with van der Waals surface area (Å²) < 4.78 is 5.35. The summed E-state index contributed by atoms with van der Waals surface area (Å²) in [5.74, 6) is 2.85. The van der Waals surface area contributed by atoms with Gasteiger partial charge in [-0.1, -0.05) is 12.1 Å². The van der Waals surface area contributed by atoms with E-state index in [2.05, 4.69) is 44.5 Å². The van der Waals surface area contributed by atoms with E-state index in [0.29, 0.717) is 56.5 Å². The van der Waals surface area contributed by atoms with Gasteiger partial charge in [-0.2, -0.15) is 11.8 Å². The van der Waals surface area contributed by atoms with E-state index in [1.165, 1.54) is 17.2 Å². The van der Waals surface area contributed by atoms with Gasteiger partial charge in [0.25, 0.3) is 5.56 Å². The molecule has 0 aliphatic carbocycles. The van der Waals surface area contributed by atoms with Gasteiger partial charge in [-0.3, -0.25) is 14.6 Å². The number of aromatic amines is 1. The first-order valence-electron chi connectivity index (χ1n) is 11.2. The van der Waals surface area contributed by atoms with Crippen LogP contribution in [0.1, 0.15) is 23.2 Å². The standard InChI is InChI=1S/C23H31N5O3S/c1-17-20(22(30)26-23(25-17)28-8-12-31-13-9-28)6-7-21(29)24-16-18-2-4-19(5-3-18)27-10-14-32-15-11-27/h2-5H,6-16H2,1H3,(H,24,29)(H,25,26,30). The predicted molar refractivity (Wildman–Crippen MR) is 129 cm³/mol. The highest BCUT2D eigenvalue weighted by molar-refractivity contribution is 7.99. The largest absolute Gasteiger partial charge is 0.378 e. The minimum absolute atomic E-state index is 0.0711. The Morgan fingerprint density at radius 1 is 1.12 bits per heavy atom. The lowest BCUT2D eigenvalue weighted by Gasteiger charge is -2.28. The molecule has 0 saturated carbocycles. The number of carbonyl (C=O) groups is 1. The molecule has 2 aliphatic heterocycles. The molecule has 2 fully saturated rings. The Labute approximate surface area is 192 Å². The lowest BCUT2D eigenvalue weighted by Crippen LogP contribution is -2.38. The summed E-state index contributed by atoms with van der Waals surface area (Å²) in [5, 5.41) is 2.96. The number of H-pyrrole nitrogens is 1. The number of thioether (sulfide) groups is 1. The van der Waals surface area contributed by atoms with Gasteiger partial charge in [-0.25, -0.2) is 4.98 Å². The number of aryl methyl sites for hydroxylation is 1. The number of ether oxygens (including phenoxy) is 1. The zero-order valence-corrected chi connectivity index (χ0v) is 19.4. The van der Waals surface area contributed by atoms with Crippen molar-refractivity contribution in [3.8, 4) is 0 Å². The van der Waals surface area contributed by atoms with Gasteiger partial charge in [-0.05, 0) is 31.0 Å². The second kappa shape index (κ2) is 10.9. The van der Waals surface area contributed by atoms with E-state index >= 15 is 0 Å². The van der Waals surface area contributed by atoms with Crippen LogP contribution in [0, 0.1) is 6.92 Å². The summed E-state index contributed by atoms with van der Waals surface area (Å²) >= 11 is 2.00. The second-order valence-electron chi connectivity index (χ2n) is 8.10. The van der Waals surface area contributed by atoms with Gasteiger partial charge in [0.1, 0.15) is 0 Å². The number of anilines is 2. The zero-order valence-electron chi connectivity index (χ0n) is 18.6. The second-order valence-corrected chi connectivity index (χ2v) is 9.32. The molecule has 2 saturated heterocycles. The lowest BCUT2D eigenvalue weighted by molar-refractivity contribution is -0.121. The van der Waals surface area contributed by atoms with Gasteiger partial charge in [0.15, 0.2) is 0 Å². The number of benzene rings is 1. The van der Waals surface area contributed by atoms with E-state index in [0.717, 1.165) is 18.7 Å². The fourth-order valence-corrected chi connectivity index (χ4v) is 4.89. The molecule has 32 heavy (non-hydrogen) atoms. The Hall–Kier alpha value is -2.52. The van der Waals surface area contributed by atoms with Gasteiger partial charge < -0.3 is 19.9 Å². The molecule has 0 atom stereocenters. The molecule has 0 spiro atoms. The molecule has 2 N–H and O–H groups in total. The van der Waals surface area contributed by atoms with E-state index in [1.807, 2.05) is 23.6 Å². The Kier molecular flexibility index (Phi) is 7.70. The third kappa shape index (κ3) is 5.83. The Morgan fingerprint density at radius 2 is 1.84 bits per heavy atom. The quantitative estimate of drug-likeness (QED) is 0.654. The molecule has 2 aliphatic rings. The summed E-state index contributed by atoms with van der Waals surface area (Å²) in [6, 6.07) is 8.39. The first-order valence-corrected chi connectivity index (χ1v) is 12.4. The number of hydrogen-bond acceptors (Lipinski definition) is 7. The SMILES string of the molecule is Cc1nc(N2CCOCC2)[nH]c(=O)c1CCC(=O)NCc1ccc(N2CCSCC2)cc1. The smallest absolute Gasteiger partial charge is 0.255 e. The van der Waals surface area contributed by atoms with Crippen LogP contribution in [0.2, 0.25) is 0 Å². The maximum absolute atomic E-state index is 12.6. The molecule has 1 aromatic carbocycles. The molecular weight excluding hydrogens is 426 g/mol. The predicted octanol–water partition coefficient (Wildman–Crippen LogP) is 1.72. The van der Waals surface area contributed by atoms with Crippen molar-refractivity contribution >= 4 is 29.3 Å². The Bertz CT molecular complexity index is 967. The number of morpholine rings is 1. The molecule has 0 unspecified atom stereocenters. The van der Waals surface area contributed by atoms with Crippen LogP contribution in [0.25, 0.3) is 0 Å². The molecule has 1 amide bonds. The molecule has 0 bridgehead atoms. The molecule has 172 valence electrons.